The Balaban J connectivity index is 2.16. The van der Waals surface area contributed by atoms with Crippen molar-refractivity contribution in [3.63, 3.8) is 0 Å². The Kier molecular flexibility index (Phi) is 3.62. The van der Waals surface area contributed by atoms with Crippen LogP contribution in [0, 0.1) is 5.82 Å². The molecule has 1 heterocycles. The molecule has 3 aromatic rings. The van der Waals surface area contributed by atoms with Crippen LogP contribution in [-0.2, 0) is 0 Å². The molecule has 0 radical (unpaired) electrons. The molecule has 0 saturated carbocycles. The van der Waals surface area contributed by atoms with E-state index in [-0.39, 0.29) is 11.8 Å². The van der Waals surface area contributed by atoms with Gasteiger partial charge in [0.1, 0.15) is 5.82 Å². The summed E-state index contributed by atoms with van der Waals surface area (Å²) in [4.78, 5) is 12.6. The molecule has 104 valence electrons. The van der Waals surface area contributed by atoms with Crippen LogP contribution in [0.2, 0.25) is 0 Å². The molecule has 4 nitrogen and oxygen atoms in total. The van der Waals surface area contributed by atoms with Gasteiger partial charge in [0.2, 0.25) is 5.95 Å². The molecule has 0 atom stereocenters. The molecule has 0 bridgehead atoms. The fraction of sp³-hybridized carbons (Fsp3) is 0. The van der Waals surface area contributed by atoms with E-state index < -0.39 is 0 Å². The number of nitrogen functional groups attached to an aromatic ring is 1. The number of benzene rings is 2. The Bertz CT molecular complexity index is 793. The van der Waals surface area contributed by atoms with Crippen molar-refractivity contribution in [1.82, 2.24) is 15.0 Å². The number of hydrogen-bond donors (Lipinski definition) is 1. The highest BCUT2D eigenvalue weighted by Gasteiger charge is 2.12. The molecule has 2 aromatic carbocycles. The van der Waals surface area contributed by atoms with E-state index in [1.165, 1.54) is 12.1 Å². The summed E-state index contributed by atoms with van der Waals surface area (Å²) in [5.74, 6) is 0.505. The first kappa shape index (κ1) is 13.6. The lowest BCUT2D eigenvalue weighted by Gasteiger charge is -2.07. The summed E-state index contributed by atoms with van der Waals surface area (Å²) in [6.45, 7) is 0. The third kappa shape index (κ3) is 2.90. The fourth-order valence-corrected chi connectivity index (χ4v) is 2.32. The monoisotopic (exact) mass is 344 g/mol. The highest BCUT2D eigenvalue weighted by atomic mass is 79.9. The van der Waals surface area contributed by atoms with Gasteiger partial charge in [0, 0.05) is 15.6 Å². The Morgan fingerprint density at radius 2 is 1.62 bits per heavy atom. The lowest BCUT2D eigenvalue weighted by Crippen LogP contribution is -2.02. The zero-order chi connectivity index (χ0) is 14.8. The summed E-state index contributed by atoms with van der Waals surface area (Å²) >= 11 is 3.36. The number of rotatable bonds is 2. The van der Waals surface area contributed by atoms with Crippen LogP contribution in [0.3, 0.4) is 0 Å². The maximum absolute atomic E-state index is 13.4. The molecule has 2 N–H and O–H groups in total. The molecule has 0 aliphatic heterocycles. The molecule has 0 aliphatic carbocycles. The number of nitrogens with zero attached hydrogens (tertiary/aromatic N) is 3. The van der Waals surface area contributed by atoms with Crippen molar-refractivity contribution in [2.24, 2.45) is 0 Å². The van der Waals surface area contributed by atoms with Crippen LogP contribution >= 0.6 is 15.9 Å². The first-order valence-corrected chi connectivity index (χ1v) is 6.95. The van der Waals surface area contributed by atoms with E-state index in [1.807, 2.05) is 30.3 Å². The topological polar surface area (TPSA) is 64.7 Å². The van der Waals surface area contributed by atoms with Crippen LogP contribution in [0.25, 0.3) is 22.8 Å². The van der Waals surface area contributed by atoms with Crippen molar-refractivity contribution >= 4 is 21.9 Å². The van der Waals surface area contributed by atoms with Crippen molar-refractivity contribution in [1.29, 1.82) is 0 Å². The van der Waals surface area contributed by atoms with Crippen LogP contribution in [0.4, 0.5) is 10.3 Å². The lowest BCUT2D eigenvalue weighted by molar-refractivity contribution is 0.628. The molecule has 0 unspecified atom stereocenters. The molecule has 0 saturated heterocycles. The highest BCUT2D eigenvalue weighted by Crippen LogP contribution is 2.28. The molecule has 0 aliphatic rings. The van der Waals surface area contributed by atoms with Gasteiger partial charge in [-0.25, -0.2) is 9.37 Å². The molecule has 1 aromatic heterocycles. The van der Waals surface area contributed by atoms with Gasteiger partial charge in [0.25, 0.3) is 0 Å². The van der Waals surface area contributed by atoms with Crippen molar-refractivity contribution < 1.29 is 4.39 Å². The smallest absolute Gasteiger partial charge is 0.224 e. The summed E-state index contributed by atoms with van der Waals surface area (Å²) in [6, 6.07) is 13.7. The maximum atomic E-state index is 13.4. The number of hydrogen-bond acceptors (Lipinski definition) is 4. The van der Waals surface area contributed by atoms with Crippen molar-refractivity contribution in [3.8, 4) is 22.8 Å². The quantitative estimate of drug-likeness (QED) is 0.769. The number of anilines is 1. The van der Waals surface area contributed by atoms with Gasteiger partial charge in [0.15, 0.2) is 11.6 Å². The molecule has 3 rings (SSSR count). The van der Waals surface area contributed by atoms with Crippen molar-refractivity contribution in [3.05, 3.63) is 58.8 Å². The van der Waals surface area contributed by atoms with Gasteiger partial charge in [-0.2, -0.15) is 9.97 Å². The van der Waals surface area contributed by atoms with E-state index in [0.29, 0.717) is 21.7 Å². The average Bonchev–Trinajstić information content (AvgIpc) is 2.50. The summed E-state index contributed by atoms with van der Waals surface area (Å²) in [5, 5.41) is 0. The molecule has 21 heavy (non-hydrogen) atoms. The minimum absolute atomic E-state index is 0.0926. The van der Waals surface area contributed by atoms with Crippen LogP contribution < -0.4 is 5.73 Å². The molecule has 0 spiro atoms. The van der Waals surface area contributed by atoms with Gasteiger partial charge in [-0.1, -0.05) is 46.3 Å². The Hall–Kier alpha value is -2.34. The van der Waals surface area contributed by atoms with Gasteiger partial charge in [0.05, 0.1) is 0 Å². The Morgan fingerprint density at radius 1 is 0.905 bits per heavy atom. The second-order valence-corrected chi connectivity index (χ2v) is 5.19. The maximum Gasteiger partial charge on any atom is 0.224 e. The summed E-state index contributed by atoms with van der Waals surface area (Å²) in [7, 11) is 0. The first-order chi connectivity index (χ1) is 10.1. The molecule has 0 fully saturated rings. The predicted octanol–water partition coefficient (Wildman–Crippen LogP) is 3.69. The number of nitrogens with two attached hydrogens (primary N) is 1. The summed E-state index contributed by atoms with van der Waals surface area (Å²) in [5.41, 5.74) is 7.10. The summed E-state index contributed by atoms with van der Waals surface area (Å²) < 4.78 is 14.1. The van der Waals surface area contributed by atoms with E-state index in [0.717, 1.165) is 5.56 Å². The molecular weight excluding hydrogens is 335 g/mol. The third-order valence-corrected chi connectivity index (χ3v) is 3.55. The largest absolute Gasteiger partial charge is 0.368 e. The average molecular weight is 345 g/mol. The standard InChI is InChI=1S/C15H10BrFN4/c16-12-7-6-10(17)8-11(12)14-19-13(20-15(18)21-14)9-4-2-1-3-5-9/h1-8H,(H2,18,19,20,21). The first-order valence-electron chi connectivity index (χ1n) is 6.16. The molecule has 6 heteroatoms. The highest BCUT2D eigenvalue weighted by molar-refractivity contribution is 9.10. The van der Waals surface area contributed by atoms with Crippen LogP contribution in [0.5, 0.6) is 0 Å². The zero-order valence-electron chi connectivity index (χ0n) is 10.8. The third-order valence-electron chi connectivity index (χ3n) is 2.85. The van der Waals surface area contributed by atoms with Gasteiger partial charge >= 0.3 is 0 Å². The van der Waals surface area contributed by atoms with Gasteiger partial charge in [-0.05, 0) is 18.2 Å². The molecular formula is C15H10BrFN4. The number of aromatic nitrogens is 3. The SMILES string of the molecule is Nc1nc(-c2ccccc2)nc(-c2cc(F)ccc2Br)n1. The van der Waals surface area contributed by atoms with E-state index >= 15 is 0 Å². The van der Waals surface area contributed by atoms with Crippen LogP contribution in [-0.4, -0.2) is 15.0 Å². The predicted molar refractivity (Wildman–Crippen MR) is 82.8 cm³/mol. The van der Waals surface area contributed by atoms with E-state index in [9.17, 15) is 4.39 Å². The van der Waals surface area contributed by atoms with Crippen molar-refractivity contribution in [2.75, 3.05) is 5.73 Å². The van der Waals surface area contributed by atoms with Gasteiger partial charge in [-0.3, -0.25) is 0 Å². The second-order valence-electron chi connectivity index (χ2n) is 4.33. The Morgan fingerprint density at radius 3 is 2.38 bits per heavy atom. The minimum atomic E-state index is -0.367. The number of halogens is 2. The second kappa shape index (κ2) is 5.57. The minimum Gasteiger partial charge on any atom is -0.368 e. The fourth-order valence-electron chi connectivity index (χ4n) is 1.90. The normalized spacial score (nSPS) is 10.6. The van der Waals surface area contributed by atoms with Gasteiger partial charge in [-0.15, -0.1) is 0 Å². The van der Waals surface area contributed by atoms with Crippen molar-refractivity contribution in [2.45, 2.75) is 0 Å². The Labute approximate surface area is 129 Å². The molecule has 0 amide bonds. The van der Waals surface area contributed by atoms with E-state index in [1.54, 1.807) is 6.07 Å². The van der Waals surface area contributed by atoms with Gasteiger partial charge < -0.3 is 5.73 Å². The zero-order valence-corrected chi connectivity index (χ0v) is 12.4. The van der Waals surface area contributed by atoms with E-state index in [2.05, 4.69) is 30.9 Å². The van der Waals surface area contributed by atoms with E-state index in [4.69, 9.17) is 5.73 Å². The lowest BCUT2D eigenvalue weighted by atomic mass is 10.2. The summed E-state index contributed by atoms with van der Waals surface area (Å²) in [6.07, 6.45) is 0. The van der Waals surface area contributed by atoms with Crippen LogP contribution in [0.15, 0.2) is 53.0 Å². The van der Waals surface area contributed by atoms with Crippen LogP contribution in [0.1, 0.15) is 0 Å².